The lowest BCUT2D eigenvalue weighted by molar-refractivity contribution is -0.123. The molecule has 1 aromatic carbocycles. The number of anilines is 1. The fourth-order valence-electron chi connectivity index (χ4n) is 3.20. The molecule has 1 aromatic rings. The first kappa shape index (κ1) is 12.5. The first-order valence-electron chi connectivity index (χ1n) is 6.92. The molecule has 0 spiro atoms. The van der Waals surface area contributed by atoms with Gasteiger partial charge in [0, 0.05) is 12.2 Å². The molecule has 0 bridgehead atoms. The fourth-order valence-corrected chi connectivity index (χ4v) is 3.20. The summed E-state index contributed by atoms with van der Waals surface area (Å²) in [5.74, 6) is 0.935. The smallest absolute Gasteiger partial charge is 0.247 e. The van der Waals surface area contributed by atoms with Crippen LogP contribution in [0.25, 0.3) is 0 Å². The van der Waals surface area contributed by atoms with Crippen molar-refractivity contribution in [3.63, 3.8) is 0 Å². The molecule has 0 radical (unpaired) electrons. The number of hydrogen-bond donors (Lipinski definition) is 1. The molecule has 0 saturated heterocycles. The summed E-state index contributed by atoms with van der Waals surface area (Å²) < 4.78 is 5.23. The molecule has 1 saturated carbocycles. The normalized spacial score (nSPS) is 20.4. The van der Waals surface area contributed by atoms with E-state index in [1.54, 1.807) is 7.11 Å². The molecule has 1 aliphatic carbocycles. The Balaban J connectivity index is 1.88. The average molecular weight is 260 g/mol. The van der Waals surface area contributed by atoms with Crippen LogP contribution in [0.4, 0.5) is 5.69 Å². The minimum Gasteiger partial charge on any atom is -0.497 e. The molecule has 0 aromatic heterocycles. The van der Waals surface area contributed by atoms with Gasteiger partial charge in [-0.15, -0.1) is 0 Å². The molecule has 1 fully saturated rings. The van der Waals surface area contributed by atoms with Crippen LogP contribution in [-0.2, 0) is 11.2 Å². The summed E-state index contributed by atoms with van der Waals surface area (Å²) in [7, 11) is 1.66. The molecule has 1 amide bonds. The zero-order valence-electron chi connectivity index (χ0n) is 11.3. The van der Waals surface area contributed by atoms with Gasteiger partial charge in [0.05, 0.1) is 12.6 Å². The van der Waals surface area contributed by atoms with E-state index < -0.39 is 5.54 Å². The Hall–Kier alpha value is -1.55. The van der Waals surface area contributed by atoms with Gasteiger partial charge in [0.25, 0.3) is 0 Å². The van der Waals surface area contributed by atoms with Crippen molar-refractivity contribution in [3.8, 4) is 5.75 Å². The lowest BCUT2D eigenvalue weighted by atomic mass is 9.97. The Morgan fingerprint density at radius 2 is 2.11 bits per heavy atom. The average Bonchev–Trinajstić information content (AvgIpc) is 3.04. The van der Waals surface area contributed by atoms with Crippen LogP contribution >= 0.6 is 0 Å². The standard InChI is InChI=1S/C15H20N2O2/c1-19-12-4-5-13-11(10-12)6-9-17(13)14(18)15(16)7-2-3-8-15/h4-5,10H,2-3,6-9,16H2,1H3. The van der Waals surface area contributed by atoms with Gasteiger partial charge in [-0.25, -0.2) is 0 Å². The number of hydrogen-bond acceptors (Lipinski definition) is 3. The quantitative estimate of drug-likeness (QED) is 0.883. The molecular weight excluding hydrogens is 240 g/mol. The van der Waals surface area contributed by atoms with E-state index >= 15 is 0 Å². The molecular formula is C15H20N2O2. The maximum Gasteiger partial charge on any atom is 0.247 e. The fraction of sp³-hybridized carbons (Fsp3) is 0.533. The molecule has 1 aliphatic heterocycles. The zero-order valence-corrected chi connectivity index (χ0v) is 11.3. The van der Waals surface area contributed by atoms with Gasteiger partial charge < -0.3 is 15.4 Å². The van der Waals surface area contributed by atoms with Gasteiger partial charge in [0.1, 0.15) is 5.75 Å². The van der Waals surface area contributed by atoms with Crippen molar-refractivity contribution >= 4 is 11.6 Å². The number of carbonyl (C=O) groups excluding carboxylic acids is 1. The lowest BCUT2D eigenvalue weighted by Gasteiger charge is -2.29. The predicted octanol–water partition coefficient (Wildman–Crippen LogP) is 1.86. The second-order valence-electron chi connectivity index (χ2n) is 5.56. The van der Waals surface area contributed by atoms with Crippen molar-refractivity contribution in [2.75, 3.05) is 18.6 Å². The van der Waals surface area contributed by atoms with Crippen molar-refractivity contribution in [2.24, 2.45) is 5.73 Å². The summed E-state index contributed by atoms with van der Waals surface area (Å²) in [5, 5.41) is 0. The molecule has 4 heteroatoms. The van der Waals surface area contributed by atoms with Crippen LogP contribution in [0.1, 0.15) is 31.2 Å². The summed E-state index contributed by atoms with van der Waals surface area (Å²) in [6, 6.07) is 5.89. The van der Waals surface area contributed by atoms with E-state index in [2.05, 4.69) is 0 Å². The van der Waals surface area contributed by atoms with E-state index in [0.29, 0.717) is 0 Å². The molecule has 2 N–H and O–H groups in total. The Morgan fingerprint density at radius 1 is 1.37 bits per heavy atom. The lowest BCUT2D eigenvalue weighted by Crippen LogP contribution is -2.53. The van der Waals surface area contributed by atoms with Crippen molar-refractivity contribution in [1.82, 2.24) is 0 Å². The Bertz CT molecular complexity index is 507. The molecule has 0 atom stereocenters. The van der Waals surface area contributed by atoms with Crippen molar-refractivity contribution < 1.29 is 9.53 Å². The van der Waals surface area contributed by atoms with Gasteiger partial charge in [-0.3, -0.25) is 4.79 Å². The largest absolute Gasteiger partial charge is 0.497 e. The first-order chi connectivity index (χ1) is 9.14. The van der Waals surface area contributed by atoms with Gasteiger partial charge >= 0.3 is 0 Å². The third-order valence-corrected chi connectivity index (χ3v) is 4.35. The molecule has 19 heavy (non-hydrogen) atoms. The summed E-state index contributed by atoms with van der Waals surface area (Å²) in [6.45, 7) is 0.736. The number of fused-ring (bicyclic) bond motifs is 1. The molecule has 1 heterocycles. The van der Waals surface area contributed by atoms with Crippen LogP contribution in [0.3, 0.4) is 0 Å². The monoisotopic (exact) mass is 260 g/mol. The van der Waals surface area contributed by atoms with E-state index in [-0.39, 0.29) is 5.91 Å². The van der Waals surface area contributed by atoms with Crippen molar-refractivity contribution in [2.45, 2.75) is 37.6 Å². The molecule has 0 unspecified atom stereocenters. The number of nitrogens with two attached hydrogens (primary N) is 1. The topological polar surface area (TPSA) is 55.6 Å². The summed E-state index contributed by atoms with van der Waals surface area (Å²) in [4.78, 5) is 14.5. The zero-order chi connectivity index (χ0) is 13.5. The van der Waals surface area contributed by atoms with Gasteiger partial charge in [-0.2, -0.15) is 0 Å². The van der Waals surface area contributed by atoms with Gasteiger partial charge in [-0.05, 0) is 43.0 Å². The highest BCUT2D eigenvalue weighted by Crippen LogP contribution is 2.36. The summed E-state index contributed by atoms with van der Waals surface area (Å²) >= 11 is 0. The number of nitrogens with zero attached hydrogens (tertiary/aromatic N) is 1. The highest BCUT2D eigenvalue weighted by Gasteiger charge is 2.41. The SMILES string of the molecule is COc1ccc2c(c1)CCN2C(=O)C1(N)CCCC1. The van der Waals surface area contributed by atoms with E-state index in [1.807, 2.05) is 23.1 Å². The molecule has 102 valence electrons. The van der Waals surface area contributed by atoms with E-state index in [0.717, 1.165) is 50.1 Å². The van der Waals surface area contributed by atoms with Crippen molar-refractivity contribution in [3.05, 3.63) is 23.8 Å². The van der Waals surface area contributed by atoms with Gasteiger partial charge in [0.15, 0.2) is 0 Å². The molecule has 3 rings (SSSR count). The van der Waals surface area contributed by atoms with Crippen LogP contribution in [0, 0.1) is 0 Å². The number of benzene rings is 1. The summed E-state index contributed by atoms with van der Waals surface area (Å²) in [6.07, 6.45) is 4.63. The number of rotatable bonds is 2. The minimum atomic E-state index is -0.637. The highest BCUT2D eigenvalue weighted by molar-refractivity contribution is 6.01. The maximum absolute atomic E-state index is 12.7. The van der Waals surface area contributed by atoms with E-state index in [9.17, 15) is 4.79 Å². The van der Waals surface area contributed by atoms with Gasteiger partial charge in [0.2, 0.25) is 5.91 Å². The van der Waals surface area contributed by atoms with Crippen LogP contribution in [0.2, 0.25) is 0 Å². The predicted molar refractivity (Wildman–Crippen MR) is 74.4 cm³/mol. The highest BCUT2D eigenvalue weighted by atomic mass is 16.5. The number of carbonyl (C=O) groups is 1. The third kappa shape index (κ3) is 2.00. The number of methoxy groups -OCH3 is 1. The van der Waals surface area contributed by atoms with Crippen LogP contribution in [0.5, 0.6) is 5.75 Å². The number of amides is 1. The maximum atomic E-state index is 12.7. The molecule has 4 nitrogen and oxygen atoms in total. The summed E-state index contributed by atoms with van der Waals surface area (Å²) in [5.41, 5.74) is 7.82. The van der Waals surface area contributed by atoms with Gasteiger partial charge in [-0.1, -0.05) is 12.8 Å². The van der Waals surface area contributed by atoms with Crippen LogP contribution < -0.4 is 15.4 Å². The second-order valence-corrected chi connectivity index (χ2v) is 5.56. The number of ether oxygens (including phenoxy) is 1. The Labute approximate surface area is 113 Å². The Kier molecular flexibility index (Phi) is 2.97. The Morgan fingerprint density at radius 3 is 2.79 bits per heavy atom. The van der Waals surface area contributed by atoms with Crippen molar-refractivity contribution in [1.29, 1.82) is 0 Å². The van der Waals surface area contributed by atoms with Crippen LogP contribution in [-0.4, -0.2) is 25.1 Å². The molecule has 2 aliphatic rings. The second kappa shape index (κ2) is 4.53. The minimum absolute atomic E-state index is 0.0916. The van der Waals surface area contributed by atoms with E-state index in [4.69, 9.17) is 10.5 Å². The third-order valence-electron chi connectivity index (χ3n) is 4.35. The van der Waals surface area contributed by atoms with E-state index in [1.165, 1.54) is 5.56 Å². The first-order valence-corrected chi connectivity index (χ1v) is 6.92. The van der Waals surface area contributed by atoms with Crippen LogP contribution in [0.15, 0.2) is 18.2 Å².